The van der Waals surface area contributed by atoms with Crippen LogP contribution in [0.2, 0.25) is 0 Å². The van der Waals surface area contributed by atoms with Crippen LogP contribution in [0.1, 0.15) is 148 Å². The van der Waals surface area contributed by atoms with E-state index in [1.54, 1.807) is 11.3 Å². The zero-order valence-corrected chi connectivity index (χ0v) is 23.2. The van der Waals surface area contributed by atoms with Crippen molar-refractivity contribution < 1.29 is 4.74 Å². The van der Waals surface area contributed by atoms with Gasteiger partial charge in [-0.25, -0.2) is 9.97 Å². The third-order valence-corrected chi connectivity index (χ3v) is 7.64. The number of thiophene rings is 1. The van der Waals surface area contributed by atoms with Crippen molar-refractivity contribution in [2.75, 3.05) is 6.61 Å². The lowest BCUT2D eigenvalue weighted by Gasteiger charge is -2.09. The molecule has 194 valence electrons. The highest BCUT2D eigenvalue weighted by molar-refractivity contribution is 7.09. The molecule has 34 heavy (non-hydrogen) atoms. The predicted octanol–water partition coefficient (Wildman–Crippen LogP) is 10.5. The first-order chi connectivity index (χ1) is 16.8. The Labute approximate surface area is 214 Å². The van der Waals surface area contributed by atoms with Gasteiger partial charge in [0.25, 0.3) is 0 Å². The van der Waals surface area contributed by atoms with Crippen molar-refractivity contribution in [2.45, 2.75) is 149 Å². The second-order valence-corrected chi connectivity index (χ2v) is 10.8. The summed E-state index contributed by atoms with van der Waals surface area (Å²) in [5.41, 5.74) is 2.94. The SMILES string of the molecule is CCCCCCCCCCCCCCCCCCCCCCOc1nc2cscc2nc1CC. The van der Waals surface area contributed by atoms with E-state index in [0.29, 0.717) is 0 Å². The fraction of sp³-hybridized carbons (Fsp3) is 0.800. The molecule has 0 saturated carbocycles. The number of hydrogen-bond donors (Lipinski definition) is 0. The molecule has 0 spiro atoms. The summed E-state index contributed by atoms with van der Waals surface area (Å²) in [6.07, 6.45) is 29.1. The summed E-state index contributed by atoms with van der Waals surface area (Å²) in [6, 6.07) is 0. The standard InChI is InChI=1S/C30H52N2OS/c1-3-5-6-7-8-9-10-11-12-13-14-15-16-17-18-19-20-21-22-23-24-33-30-27(4-2)31-28-25-34-26-29(28)32-30/h25-26H,3-24H2,1-2H3. The summed E-state index contributed by atoms with van der Waals surface area (Å²) in [7, 11) is 0. The van der Waals surface area contributed by atoms with Gasteiger partial charge in [-0.2, -0.15) is 0 Å². The minimum absolute atomic E-state index is 0.742. The molecule has 0 bridgehead atoms. The van der Waals surface area contributed by atoms with Crippen LogP contribution in [-0.2, 0) is 6.42 Å². The molecule has 0 fully saturated rings. The molecule has 0 unspecified atom stereocenters. The molecule has 2 heterocycles. The molecule has 2 aromatic heterocycles. The van der Waals surface area contributed by atoms with E-state index in [-0.39, 0.29) is 0 Å². The van der Waals surface area contributed by atoms with E-state index in [1.165, 1.54) is 122 Å². The maximum Gasteiger partial charge on any atom is 0.236 e. The zero-order chi connectivity index (χ0) is 24.1. The van der Waals surface area contributed by atoms with Crippen LogP contribution in [0.15, 0.2) is 10.8 Å². The topological polar surface area (TPSA) is 35.0 Å². The molecular formula is C30H52N2OS. The number of unbranched alkanes of at least 4 members (excludes halogenated alkanes) is 19. The number of rotatable bonds is 23. The second kappa shape index (κ2) is 20.1. The highest BCUT2D eigenvalue weighted by atomic mass is 32.1. The van der Waals surface area contributed by atoms with Gasteiger partial charge in [-0.15, -0.1) is 11.3 Å². The number of fused-ring (bicyclic) bond motifs is 1. The molecule has 0 atom stereocenters. The van der Waals surface area contributed by atoms with Crippen LogP contribution in [0, 0.1) is 0 Å². The Morgan fingerprint density at radius 2 is 0.971 bits per heavy atom. The van der Waals surface area contributed by atoms with Crippen LogP contribution in [0.3, 0.4) is 0 Å². The summed E-state index contributed by atoms with van der Waals surface area (Å²) < 4.78 is 5.97. The van der Waals surface area contributed by atoms with Crippen LogP contribution in [0.25, 0.3) is 11.0 Å². The van der Waals surface area contributed by atoms with Crippen molar-refractivity contribution in [3.05, 3.63) is 16.5 Å². The summed E-state index contributed by atoms with van der Waals surface area (Å²) >= 11 is 1.65. The van der Waals surface area contributed by atoms with Gasteiger partial charge in [-0.3, -0.25) is 0 Å². The average molecular weight is 489 g/mol. The van der Waals surface area contributed by atoms with Crippen LogP contribution in [0.4, 0.5) is 0 Å². The van der Waals surface area contributed by atoms with E-state index in [1.807, 2.05) is 5.38 Å². The first-order valence-corrected chi connectivity index (χ1v) is 15.6. The molecule has 0 aliphatic heterocycles. The van der Waals surface area contributed by atoms with Gasteiger partial charge in [-0.1, -0.05) is 136 Å². The Morgan fingerprint density at radius 3 is 1.41 bits per heavy atom. The lowest BCUT2D eigenvalue weighted by Crippen LogP contribution is -2.04. The molecule has 0 aliphatic carbocycles. The van der Waals surface area contributed by atoms with Crippen molar-refractivity contribution in [1.82, 2.24) is 9.97 Å². The summed E-state index contributed by atoms with van der Waals surface area (Å²) in [4.78, 5) is 9.34. The normalized spacial score (nSPS) is 11.5. The Balaban J connectivity index is 1.30. The molecule has 0 aliphatic rings. The van der Waals surface area contributed by atoms with E-state index in [9.17, 15) is 0 Å². The van der Waals surface area contributed by atoms with Crippen molar-refractivity contribution in [2.24, 2.45) is 0 Å². The highest BCUT2D eigenvalue weighted by Crippen LogP contribution is 2.22. The van der Waals surface area contributed by atoms with Crippen molar-refractivity contribution >= 4 is 22.4 Å². The number of aromatic nitrogens is 2. The van der Waals surface area contributed by atoms with Gasteiger partial charge in [0.1, 0.15) is 11.2 Å². The van der Waals surface area contributed by atoms with E-state index >= 15 is 0 Å². The minimum Gasteiger partial charge on any atom is -0.476 e. The van der Waals surface area contributed by atoms with Gasteiger partial charge >= 0.3 is 0 Å². The zero-order valence-electron chi connectivity index (χ0n) is 22.4. The van der Waals surface area contributed by atoms with Crippen LogP contribution >= 0.6 is 11.3 Å². The maximum absolute atomic E-state index is 5.97. The maximum atomic E-state index is 5.97. The highest BCUT2D eigenvalue weighted by Gasteiger charge is 2.09. The number of hydrogen-bond acceptors (Lipinski definition) is 4. The van der Waals surface area contributed by atoms with E-state index in [2.05, 4.69) is 29.2 Å². The lowest BCUT2D eigenvalue weighted by atomic mass is 10.0. The quantitative estimate of drug-likeness (QED) is 0.146. The van der Waals surface area contributed by atoms with Crippen molar-refractivity contribution in [1.29, 1.82) is 0 Å². The number of ether oxygens (including phenoxy) is 1. The van der Waals surface area contributed by atoms with Gasteiger partial charge in [0.2, 0.25) is 5.88 Å². The minimum atomic E-state index is 0.742. The van der Waals surface area contributed by atoms with Crippen molar-refractivity contribution in [3.8, 4) is 5.88 Å². The molecular weight excluding hydrogens is 436 g/mol. The van der Waals surface area contributed by atoms with Crippen LogP contribution in [-0.4, -0.2) is 16.6 Å². The molecule has 0 aromatic carbocycles. The molecule has 0 amide bonds. The smallest absolute Gasteiger partial charge is 0.236 e. The summed E-state index contributed by atoms with van der Waals surface area (Å²) in [5, 5.41) is 4.11. The number of nitrogens with zero attached hydrogens (tertiary/aromatic N) is 2. The third kappa shape index (κ3) is 13.1. The van der Waals surface area contributed by atoms with E-state index in [0.717, 1.165) is 42.1 Å². The van der Waals surface area contributed by atoms with Gasteiger partial charge in [0, 0.05) is 10.8 Å². The van der Waals surface area contributed by atoms with E-state index in [4.69, 9.17) is 4.74 Å². The van der Waals surface area contributed by atoms with Gasteiger partial charge in [0.15, 0.2) is 0 Å². The molecule has 2 rings (SSSR count). The first kappa shape index (κ1) is 29.1. The van der Waals surface area contributed by atoms with Crippen LogP contribution in [0.5, 0.6) is 5.88 Å². The summed E-state index contributed by atoms with van der Waals surface area (Å²) in [6.45, 7) is 5.18. The average Bonchev–Trinajstić information content (AvgIpc) is 3.31. The molecule has 3 nitrogen and oxygen atoms in total. The number of aryl methyl sites for hydroxylation is 1. The predicted molar refractivity (Wildman–Crippen MR) is 150 cm³/mol. The molecule has 0 N–H and O–H groups in total. The fourth-order valence-corrected chi connectivity index (χ4v) is 5.36. The largest absolute Gasteiger partial charge is 0.476 e. The van der Waals surface area contributed by atoms with Crippen molar-refractivity contribution in [3.63, 3.8) is 0 Å². The Morgan fingerprint density at radius 1 is 0.559 bits per heavy atom. The van der Waals surface area contributed by atoms with Gasteiger partial charge in [-0.05, 0) is 12.8 Å². The second-order valence-electron chi connectivity index (χ2n) is 10.0. The first-order valence-electron chi connectivity index (χ1n) is 14.7. The van der Waals surface area contributed by atoms with Crippen LogP contribution < -0.4 is 4.74 Å². The molecule has 0 saturated heterocycles. The Bertz CT molecular complexity index is 730. The third-order valence-electron chi connectivity index (χ3n) is 6.92. The Kier molecular flexibility index (Phi) is 17.2. The molecule has 2 aromatic rings. The molecule has 4 heteroatoms. The Hall–Kier alpha value is -1.16. The van der Waals surface area contributed by atoms with Gasteiger partial charge in [0.05, 0.1) is 12.1 Å². The van der Waals surface area contributed by atoms with Gasteiger partial charge < -0.3 is 4.74 Å². The summed E-state index contributed by atoms with van der Waals surface area (Å²) in [5.74, 6) is 0.742. The fourth-order valence-electron chi connectivity index (χ4n) is 4.69. The molecule has 0 radical (unpaired) electrons. The van der Waals surface area contributed by atoms with E-state index < -0.39 is 0 Å². The monoisotopic (exact) mass is 488 g/mol. The lowest BCUT2D eigenvalue weighted by molar-refractivity contribution is 0.290.